The minimum Gasteiger partial charge on any atom is -0.467 e. The van der Waals surface area contributed by atoms with Crippen LogP contribution in [0.5, 0.6) is 0 Å². The van der Waals surface area contributed by atoms with Crippen LogP contribution in [0, 0.1) is 0 Å². The molecule has 3 rings (SSSR count). The molecule has 1 unspecified atom stereocenters. The Bertz CT molecular complexity index is 1050. The molecule has 0 spiro atoms. The number of amides is 1. The van der Waals surface area contributed by atoms with E-state index in [0.717, 1.165) is 11.1 Å². The number of pyridine rings is 1. The van der Waals surface area contributed by atoms with E-state index < -0.39 is 24.0 Å². The largest absolute Gasteiger partial charge is 0.467 e. The van der Waals surface area contributed by atoms with Gasteiger partial charge in [-0.15, -0.1) is 0 Å². The van der Waals surface area contributed by atoms with E-state index in [-0.39, 0.29) is 18.0 Å². The number of nitrogens with one attached hydrogen (secondary N) is 1. The number of aryl methyl sites for hydroxylation is 1. The Morgan fingerprint density at radius 1 is 1.19 bits per heavy atom. The predicted molar refractivity (Wildman–Crippen MR) is 115 cm³/mol. The highest BCUT2D eigenvalue weighted by Gasteiger charge is 2.30. The number of ether oxygens (including phenoxy) is 2. The lowest BCUT2D eigenvalue weighted by Gasteiger charge is -2.23. The third-order valence-electron chi connectivity index (χ3n) is 4.77. The van der Waals surface area contributed by atoms with Gasteiger partial charge in [0.05, 0.1) is 31.6 Å². The van der Waals surface area contributed by atoms with Crippen LogP contribution < -0.4 is 11.1 Å². The molecule has 0 saturated carbocycles. The van der Waals surface area contributed by atoms with Crippen LogP contribution in [0.25, 0.3) is 11.1 Å². The maximum absolute atomic E-state index is 12.9. The molecule has 0 aliphatic heterocycles. The van der Waals surface area contributed by atoms with Crippen molar-refractivity contribution in [3.63, 3.8) is 0 Å². The molecule has 3 N–H and O–H groups in total. The Kier molecular flexibility index (Phi) is 6.99. The van der Waals surface area contributed by atoms with Gasteiger partial charge in [-0.2, -0.15) is 5.10 Å². The number of hydrogen-bond donors (Lipinski definition) is 2. The minimum atomic E-state index is -1.03. The summed E-state index contributed by atoms with van der Waals surface area (Å²) in [5, 5.41) is 6.79. The topological polar surface area (TPSA) is 121 Å². The van der Waals surface area contributed by atoms with Gasteiger partial charge >= 0.3 is 5.97 Å². The summed E-state index contributed by atoms with van der Waals surface area (Å²) in [5.74, 6) is -1.13. The fraction of sp³-hybridized carbons (Fsp3) is 0.273. The molecule has 0 radical (unpaired) electrons. The molecule has 31 heavy (non-hydrogen) atoms. The van der Waals surface area contributed by atoms with Crippen LogP contribution in [0.1, 0.15) is 22.8 Å². The van der Waals surface area contributed by atoms with Crippen LogP contribution in [-0.2, 0) is 27.9 Å². The van der Waals surface area contributed by atoms with Crippen molar-refractivity contribution in [3.05, 3.63) is 66.1 Å². The molecule has 2 heterocycles. The van der Waals surface area contributed by atoms with Gasteiger partial charge in [0, 0.05) is 30.6 Å². The smallest absolute Gasteiger partial charge is 0.331 e. The van der Waals surface area contributed by atoms with Gasteiger partial charge in [-0.05, 0) is 18.6 Å². The summed E-state index contributed by atoms with van der Waals surface area (Å²) >= 11 is 0. The Morgan fingerprint density at radius 2 is 1.94 bits per heavy atom. The van der Waals surface area contributed by atoms with Crippen molar-refractivity contribution in [2.45, 2.75) is 25.7 Å². The zero-order chi connectivity index (χ0) is 22.4. The van der Waals surface area contributed by atoms with Crippen LogP contribution in [0.2, 0.25) is 0 Å². The first-order valence-corrected chi connectivity index (χ1v) is 9.67. The first kappa shape index (κ1) is 22.0. The van der Waals surface area contributed by atoms with Gasteiger partial charge in [-0.1, -0.05) is 30.3 Å². The van der Waals surface area contributed by atoms with Crippen LogP contribution in [0.15, 0.2) is 55.0 Å². The Labute approximate surface area is 180 Å². The van der Waals surface area contributed by atoms with Gasteiger partial charge in [-0.25, -0.2) is 9.78 Å². The van der Waals surface area contributed by atoms with Crippen molar-refractivity contribution in [1.29, 1.82) is 0 Å². The highest BCUT2D eigenvalue weighted by molar-refractivity contribution is 6.01. The van der Waals surface area contributed by atoms with Crippen molar-refractivity contribution >= 4 is 17.7 Å². The Morgan fingerprint density at radius 3 is 2.58 bits per heavy atom. The van der Waals surface area contributed by atoms with Gasteiger partial charge in [0.15, 0.2) is 6.04 Å². The number of rotatable bonds is 8. The normalized spacial score (nSPS) is 12.7. The molecule has 9 nitrogen and oxygen atoms in total. The number of aromatic nitrogens is 3. The maximum atomic E-state index is 12.9. The number of benzene rings is 1. The third-order valence-corrected chi connectivity index (χ3v) is 4.77. The van der Waals surface area contributed by atoms with Crippen molar-refractivity contribution in [1.82, 2.24) is 20.1 Å². The second kappa shape index (κ2) is 9.86. The van der Waals surface area contributed by atoms with Crippen LogP contribution in [0.3, 0.4) is 0 Å². The monoisotopic (exact) mass is 423 g/mol. The van der Waals surface area contributed by atoms with Gasteiger partial charge < -0.3 is 20.5 Å². The molecule has 0 aliphatic rings. The van der Waals surface area contributed by atoms with Gasteiger partial charge in [0.2, 0.25) is 0 Å². The maximum Gasteiger partial charge on any atom is 0.331 e. The molecule has 2 atom stereocenters. The summed E-state index contributed by atoms with van der Waals surface area (Å²) in [5.41, 5.74) is 8.48. The number of nitrogens with zero attached hydrogens (tertiary/aromatic N) is 3. The number of hydrogen-bond acceptors (Lipinski definition) is 7. The quantitative estimate of drug-likeness (QED) is 0.531. The Hall–Kier alpha value is -3.72. The number of methoxy groups -OCH3 is 1. The second-order valence-electron chi connectivity index (χ2n) is 7.04. The summed E-state index contributed by atoms with van der Waals surface area (Å²) < 4.78 is 12.3. The van der Waals surface area contributed by atoms with E-state index >= 15 is 0 Å². The van der Waals surface area contributed by atoms with E-state index in [1.54, 1.807) is 43.3 Å². The molecule has 9 heteroatoms. The molecule has 0 bridgehead atoms. The first-order valence-electron chi connectivity index (χ1n) is 9.67. The molecule has 2 aromatic heterocycles. The lowest BCUT2D eigenvalue weighted by molar-refractivity contribution is -0.147. The van der Waals surface area contributed by atoms with E-state index in [4.69, 9.17) is 15.2 Å². The number of carbonyl (C=O) groups excluding carboxylic acids is 2. The van der Waals surface area contributed by atoms with E-state index in [1.807, 2.05) is 30.3 Å². The van der Waals surface area contributed by atoms with Crippen molar-refractivity contribution in [2.24, 2.45) is 7.05 Å². The number of anilines is 1. The van der Waals surface area contributed by atoms with Crippen LogP contribution in [0.4, 0.5) is 5.82 Å². The van der Waals surface area contributed by atoms with E-state index in [9.17, 15) is 9.59 Å². The molecular weight excluding hydrogens is 398 g/mol. The first-order chi connectivity index (χ1) is 14.9. The lowest BCUT2D eigenvalue weighted by atomic mass is 10.1. The fourth-order valence-corrected chi connectivity index (χ4v) is 3.00. The summed E-state index contributed by atoms with van der Waals surface area (Å²) in [6.07, 6.45) is 4.37. The SMILES string of the molecule is COC(=O)[C@@H](NC(=O)c1cc(-c2cnn(C)c2)cnc1N)C(C)OCc1ccccc1. The molecule has 0 aliphatic carbocycles. The summed E-state index contributed by atoms with van der Waals surface area (Å²) in [6, 6.07) is 10.1. The van der Waals surface area contributed by atoms with Crippen molar-refractivity contribution in [3.8, 4) is 11.1 Å². The molecular formula is C22H25N5O4. The zero-order valence-electron chi connectivity index (χ0n) is 17.6. The number of carbonyl (C=O) groups is 2. The molecule has 0 fully saturated rings. The van der Waals surface area contributed by atoms with Crippen molar-refractivity contribution < 1.29 is 19.1 Å². The van der Waals surface area contributed by atoms with E-state index in [1.165, 1.54) is 7.11 Å². The third kappa shape index (κ3) is 5.46. The zero-order valence-corrected chi connectivity index (χ0v) is 17.6. The summed E-state index contributed by atoms with van der Waals surface area (Å²) in [4.78, 5) is 29.4. The highest BCUT2D eigenvalue weighted by Crippen LogP contribution is 2.21. The fourth-order valence-electron chi connectivity index (χ4n) is 3.00. The lowest BCUT2D eigenvalue weighted by Crippen LogP contribution is -2.49. The summed E-state index contributed by atoms with van der Waals surface area (Å²) in [6.45, 7) is 1.98. The van der Waals surface area contributed by atoms with E-state index in [2.05, 4.69) is 15.4 Å². The Balaban J connectivity index is 1.76. The predicted octanol–water partition coefficient (Wildman–Crippen LogP) is 1.94. The van der Waals surface area contributed by atoms with Gasteiger partial charge in [0.25, 0.3) is 5.91 Å². The molecule has 3 aromatic rings. The average molecular weight is 423 g/mol. The summed E-state index contributed by atoms with van der Waals surface area (Å²) in [7, 11) is 3.05. The number of nitrogens with two attached hydrogens (primary N) is 1. The van der Waals surface area contributed by atoms with Crippen LogP contribution in [-0.4, -0.2) is 45.9 Å². The highest BCUT2D eigenvalue weighted by atomic mass is 16.5. The number of esters is 1. The molecule has 1 aromatic carbocycles. The van der Waals surface area contributed by atoms with Gasteiger partial charge in [-0.3, -0.25) is 9.48 Å². The molecule has 1 amide bonds. The molecule has 162 valence electrons. The molecule has 0 saturated heterocycles. The van der Waals surface area contributed by atoms with Crippen molar-refractivity contribution in [2.75, 3.05) is 12.8 Å². The second-order valence-corrected chi connectivity index (χ2v) is 7.04. The minimum absolute atomic E-state index is 0.0478. The van der Waals surface area contributed by atoms with E-state index in [0.29, 0.717) is 5.56 Å². The van der Waals surface area contributed by atoms with Gasteiger partial charge in [0.1, 0.15) is 5.82 Å². The van der Waals surface area contributed by atoms with Crippen LogP contribution >= 0.6 is 0 Å². The average Bonchev–Trinajstić information content (AvgIpc) is 3.22. The number of nitrogen functional groups attached to an aromatic ring is 1. The standard InChI is InChI=1S/C22H25N5O4/c1-14(31-13-15-7-5-4-6-8-15)19(22(29)30-3)26-21(28)18-9-16(10-24-20(18)23)17-11-25-27(2)12-17/h4-12,14,19H,13H2,1-3H3,(H2,23,24)(H,26,28)/t14?,19-/m0/s1.